The first-order chi connectivity index (χ1) is 5.36. The molecule has 2 rings (SSSR count). The molecule has 0 fully saturated rings. The Bertz CT molecular complexity index is 431. The van der Waals surface area contributed by atoms with E-state index in [0.29, 0.717) is 8.19 Å². The molecular formula is C9H7OP. The first-order valence-electron chi connectivity index (χ1n) is 3.44. The van der Waals surface area contributed by atoms with Crippen LogP contribution in [0.1, 0.15) is 0 Å². The van der Waals surface area contributed by atoms with Gasteiger partial charge in [0.15, 0.2) is 5.16 Å². The van der Waals surface area contributed by atoms with Crippen LogP contribution in [0.3, 0.4) is 0 Å². The molecule has 54 valence electrons. The van der Waals surface area contributed by atoms with Gasteiger partial charge in [0, 0.05) is 0 Å². The molecule has 1 nitrogen and oxygen atoms in total. The van der Waals surface area contributed by atoms with Gasteiger partial charge in [-0.2, -0.15) is 0 Å². The molecule has 1 aromatic carbocycles. The van der Waals surface area contributed by atoms with E-state index in [1.54, 1.807) is 6.07 Å². The Balaban J connectivity index is 2.94. The summed E-state index contributed by atoms with van der Waals surface area (Å²) in [6.07, 6.45) is 0. The molecule has 1 aromatic heterocycles. The lowest BCUT2D eigenvalue weighted by atomic mass is 10.2. The Morgan fingerprint density at radius 1 is 1.09 bits per heavy atom. The fraction of sp³-hybridized carbons (Fsp3) is 0. The molecule has 0 N–H and O–H groups in total. The van der Waals surface area contributed by atoms with E-state index in [-0.39, 0.29) is 5.16 Å². The first kappa shape index (κ1) is 6.63. The summed E-state index contributed by atoms with van der Waals surface area (Å²) in [5.41, 5.74) is 0. The summed E-state index contributed by atoms with van der Waals surface area (Å²) >= 11 is 0. The van der Waals surface area contributed by atoms with Crippen molar-refractivity contribution in [3.8, 4) is 0 Å². The number of benzene rings is 1. The lowest BCUT2D eigenvalue weighted by Crippen LogP contribution is -1.86. The van der Waals surface area contributed by atoms with E-state index >= 15 is 0 Å². The summed E-state index contributed by atoms with van der Waals surface area (Å²) in [4.78, 5) is 11.0. The highest BCUT2D eigenvalue weighted by Gasteiger charge is 1.89. The first-order valence-corrected chi connectivity index (χ1v) is 4.51. The topological polar surface area (TPSA) is 17.1 Å². The Morgan fingerprint density at radius 2 is 1.82 bits per heavy atom. The van der Waals surface area contributed by atoms with Crippen molar-refractivity contribution >= 4 is 19.0 Å². The van der Waals surface area contributed by atoms with Gasteiger partial charge in [-0.25, -0.2) is 0 Å². The van der Waals surface area contributed by atoms with Crippen molar-refractivity contribution in [2.75, 3.05) is 0 Å². The van der Waals surface area contributed by atoms with Crippen LogP contribution >= 0.6 is 8.19 Å². The highest BCUT2D eigenvalue weighted by Crippen LogP contribution is 2.13. The second-order valence-electron chi connectivity index (χ2n) is 2.43. The monoisotopic (exact) mass is 162 g/mol. The van der Waals surface area contributed by atoms with Gasteiger partial charge >= 0.3 is 0 Å². The number of hydrogen-bond donors (Lipinski definition) is 0. The molecule has 1 unspecified atom stereocenters. The predicted molar refractivity (Wildman–Crippen MR) is 49.7 cm³/mol. The second kappa shape index (κ2) is 2.52. The lowest BCUT2D eigenvalue weighted by Gasteiger charge is -1.92. The van der Waals surface area contributed by atoms with Gasteiger partial charge in [0.1, 0.15) is 0 Å². The quantitative estimate of drug-likeness (QED) is 0.580. The van der Waals surface area contributed by atoms with Gasteiger partial charge in [-0.05, 0) is 22.6 Å². The van der Waals surface area contributed by atoms with Crippen LogP contribution in [-0.2, 0) is 0 Å². The van der Waals surface area contributed by atoms with E-state index in [2.05, 4.69) is 0 Å². The minimum atomic E-state index is 0.226. The minimum Gasteiger partial charge on any atom is -0.286 e. The van der Waals surface area contributed by atoms with Crippen LogP contribution in [0.5, 0.6) is 0 Å². The van der Waals surface area contributed by atoms with Gasteiger partial charge in [0.2, 0.25) is 0 Å². The summed E-state index contributed by atoms with van der Waals surface area (Å²) in [5.74, 6) is 2.00. The third-order valence-corrected chi connectivity index (χ3v) is 2.54. The number of hydrogen-bond acceptors (Lipinski definition) is 1. The maximum absolute atomic E-state index is 11.0. The molecule has 0 aliphatic carbocycles. The Hall–Kier alpha value is -1.07. The zero-order valence-electron chi connectivity index (χ0n) is 5.87. The van der Waals surface area contributed by atoms with Gasteiger partial charge in [-0.3, -0.25) is 4.79 Å². The molecule has 0 radical (unpaired) electrons. The zero-order chi connectivity index (χ0) is 7.68. The average Bonchev–Trinajstić information content (AvgIpc) is 2.04. The molecule has 0 aliphatic rings. The molecule has 0 saturated heterocycles. The average molecular weight is 162 g/mol. The van der Waals surface area contributed by atoms with Gasteiger partial charge < -0.3 is 0 Å². The van der Waals surface area contributed by atoms with E-state index in [4.69, 9.17) is 0 Å². The molecule has 1 atom stereocenters. The van der Waals surface area contributed by atoms with Gasteiger partial charge in [0.05, 0.1) is 0 Å². The second-order valence-corrected chi connectivity index (χ2v) is 3.50. The fourth-order valence-corrected chi connectivity index (χ4v) is 1.91. The molecule has 0 aliphatic heterocycles. The van der Waals surface area contributed by atoms with Crippen molar-refractivity contribution < 1.29 is 0 Å². The van der Waals surface area contributed by atoms with Crippen LogP contribution in [-0.4, -0.2) is 0 Å². The Morgan fingerprint density at radius 3 is 2.64 bits per heavy atom. The van der Waals surface area contributed by atoms with E-state index in [0.717, 1.165) is 5.39 Å². The maximum atomic E-state index is 11.0. The van der Waals surface area contributed by atoms with E-state index in [1.807, 2.05) is 30.1 Å². The molecule has 1 heterocycles. The normalized spacial score (nSPS) is 10.9. The van der Waals surface area contributed by atoms with Gasteiger partial charge in [0.25, 0.3) is 0 Å². The maximum Gasteiger partial charge on any atom is 0.193 e. The standard InChI is InChI=1S/C9H7OP/c10-9-5-7-3-1-2-4-8(7)6-11-9/h1-6,11H. The highest BCUT2D eigenvalue weighted by molar-refractivity contribution is 7.28. The van der Waals surface area contributed by atoms with Crippen LogP contribution in [0.2, 0.25) is 0 Å². The summed E-state index contributed by atoms with van der Waals surface area (Å²) in [5, 5.41) is 2.46. The molecule has 2 aromatic rings. The molecule has 11 heavy (non-hydrogen) atoms. The van der Waals surface area contributed by atoms with Crippen molar-refractivity contribution in [2.45, 2.75) is 0 Å². The summed E-state index contributed by atoms with van der Waals surface area (Å²) in [7, 11) is 0.323. The van der Waals surface area contributed by atoms with E-state index in [1.165, 1.54) is 5.39 Å². The molecule has 2 heteroatoms. The van der Waals surface area contributed by atoms with Crippen LogP contribution in [0.15, 0.2) is 40.9 Å². The van der Waals surface area contributed by atoms with Crippen LogP contribution in [0.4, 0.5) is 0 Å². The van der Waals surface area contributed by atoms with Crippen molar-refractivity contribution in [3.05, 3.63) is 46.1 Å². The van der Waals surface area contributed by atoms with E-state index < -0.39 is 0 Å². The number of rotatable bonds is 0. The smallest absolute Gasteiger partial charge is 0.193 e. The van der Waals surface area contributed by atoms with Crippen molar-refractivity contribution in [3.63, 3.8) is 0 Å². The Kier molecular flexibility index (Phi) is 1.52. The molecule has 0 spiro atoms. The fourth-order valence-electron chi connectivity index (χ4n) is 1.11. The predicted octanol–water partition coefficient (Wildman–Crippen LogP) is 2.23. The third kappa shape index (κ3) is 1.20. The van der Waals surface area contributed by atoms with Crippen molar-refractivity contribution in [1.82, 2.24) is 0 Å². The minimum absolute atomic E-state index is 0.226. The van der Waals surface area contributed by atoms with Crippen molar-refractivity contribution in [1.29, 1.82) is 0 Å². The molecule has 0 saturated carbocycles. The molecular weight excluding hydrogens is 155 g/mol. The van der Waals surface area contributed by atoms with Crippen LogP contribution in [0.25, 0.3) is 10.8 Å². The zero-order valence-corrected chi connectivity index (χ0v) is 6.87. The van der Waals surface area contributed by atoms with Gasteiger partial charge in [-0.15, -0.1) is 0 Å². The van der Waals surface area contributed by atoms with E-state index in [9.17, 15) is 4.79 Å². The largest absolute Gasteiger partial charge is 0.286 e. The summed E-state index contributed by atoms with van der Waals surface area (Å²) < 4.78 is 0. The molecule has 0 amide bonds. The number of fused-ring (bicyclic) bond motifs is 1. The van der Waals surface area contributed by atoms with Crippen molar-refractivity contribution in [2.24, 2.45) is 0 Å². The van der Waals surface area contributed by atoms with Crippen LogP contribution in [0, 0.1) is 0 Å². The highest BCUT2D eigenvalue weighted by atomic mass is 31.0. The molecule has 0 bridgehead atoms. The lowest BCUT2D eigenvalue weighted by molar-refractivity contribution is 1.78. The summed E-state index contributed by atoms with van der Waals surface area (Å²) in [6, 6.07) is 9.65. The SMILES string of the molecule is O=c1cc2ccccc2c[pH]1. The summed E-state index contributed by atoms with van der Waals surface area (Å²) in [6.45, 7) is 0. The van der Waals surface area contributed by atoms with Gasteiger partial charge in [-0.1, -0.05) is 32.5 Å². The third-order valence-electron chi connectivity index (χ3n) is 1.65. The Labute approximate surface area is 65.8 Å². The van der Waals surface area contributed by atoms with Crippen LogP contribution < -0.4 is 5.16 Å².